The van der Waals surface area contributed by atoms with Crippen LogP contribution in [0.5, 0.6) is 0 Å². The van der Waals surface area contributed by atoms with Crippen LogP contribution in [0.2, 0.25) is 0 Å². The molecule has 0 radical (unpaired) electrons. The largest absolute Gasteiger partial charge is 0.306 e. The maximum Gasteiger partial charge on any atom is 0.0622 e. The molecular formula is C14H28N2. The van der Waals surface area contributed by atoms with E-state index in [1.165, 1.54) is 12.8 Å². The van der Waals surface area contributed by atoms with Gasteiger partial charge in [0.2, 0.25) is 0 Å². The van der Waals surface area contributed by atoms with E-state index >= 15 is 0 Å². The average Bonchev–Trinajstić information content (AvgIpc) is 2.12. The molecule has 2 heteroatoms. The highest BCUT2D eigenvalue weighted by atomic mass is 15.1. The highest BCUT2D eigenvalue weighted by Crippen LogP contribution is 2.25. The van der Waals surface area contributed by atoms with Gasteiger partial charge < -0.3 is 4.90 Å². The van der Waals surface area contributed by atoms with Crippen molar-refractivity contribution in [1.82, 2.24) is 4.90 Å². The van der Waals surface area contributed by atoms with Gasteiger partial charge in [0.1, 0.15) is 0 Å². The molecule has 0 saturated carbocycles. The van der Waals surface area contributed by atoms with Gasteiger partial charge in [-0.25, -0.2) is 0 Å². The summed E-state index contributed by atoms with van der Waals surface area (Å²) < 4.78 is 0. The Morgan fingerprint density at radius 3 is 2.38 bits per heavy atom. The predicted octanol–water partition coefficient (Wildman–Crippen LogP) is 3.68. The fourth-order valence-corrected chi connectivity index (χ4v) is 2.13. The lowest BCUT2D eigenvalue weighted by Gasteiger charge is -2.25. The molecule has 0 heterocycles. The van der Waals surface area contributed by atoms with E-state index in [1.54, 1.807) is 0 Å². The summed E-state index contributed by atoms with van der Waals surface area (Å²) in [7, 11) is 2.15. The average molecular weight is 224 g/mol. The van der Waals surface area contributed by atoms with Crippen molar-refractivity contribution in [1.29, 1.82) is 5.26 Å². The van der Waals surface area contributed by atoms with Crippen LogP contribution in [0.15, 0.2) is 0 Å². The third kappa shape index (κ3) is 9.98. The minimum Gasteiger partial charge on any atom is -0.306 e. The van der Waals surface area contributed by atoms with Crippen LogP contribution in [-0.2, 0) is 0 Å². The van der Waals surface area contributed by atoms with Gasteiger partial charge in [-0.3, -0.25) is 0 Å². The molecule has 0 aliphatic rings. The molecular weight excluding hydrogens is 196 g/mol. The van der Waals surface area contributed by atoms with Crippen LogP contribution in [0.4, 0.5) is 0 Å². The standard InChI is InChI=1S/C14H28N2/c1-13(12-14(2,3)4)8-11-16(5)10-7-6-9-15/h13H,6-8,10-12H2,1-5H3. The van der Waals surface area contributed by atoms with E-state index < -0.39 is 0 Å². The second kappa shape index (κ2) is 7.68. The van der Waals surface area contributed by atoms with Crippen molar-refractivity contribution in [2.45, 2.75) is 53.4 Å². The molecule has 2 nitrogen and oxygen atoms in total. The van der Waals surface area contributed by atoms with E-state index in [-0.39, 0.29) is 0 Å². The Bertz CT molecular complexity index is 210. The topological polar surface area (TPSA) is 27.0 Å². The molecule has 1 atom stereocenters. The smallest absolute Gasteiger partial charge is 0.0622 e. The molecule has 0 rings (SSSR count). The Balaban J connectivity index is 3.59. The third-order valence-corrected chi connectivity index (χ3v) is 2.79. The van der Waals surface area contributed by atoms with Crippen LogP contribution in [0, 0.1) is 22.7 Å². The first-order chi connectivity index (χ1) is 7.35. The highest BCUT2D eigenvalue weighted by Gasteiger charge is 2.15. The van der Waals surface area contributed by atoms with Crippen molar-refractivity contribution in [3.05, 3.63) is 0 Å². The zero-order valence-electron chi connectivity index (χ0n) is 11.7. The lowest BCUT2D eigenvalue weighted by Crippen LogP contribution is -2.23. The maximum absolute atomic E-state index is 8.46. The van der Waals surface area contributed by atoms with Gasteiger partial charge in [0, 0.05) is 6.42 Å². The Kier molecular flexibility index (Phi) is 7.42. The molecule has 16 heavy (non-hydrogen) atoms. The van der Waals surface area contributed by atoms with Crippen molar-refractivity contribution < 1.29 is 0 Å². The quantitative estimate of drug-likeness (QED) is 0.617. The van der Waals surface area contributed by atoms with Gasteiger partial charge in [-0.15, -0.1) is 0 Å². The van der Waals surface area contributed by atoms with Crippen LogP contribution in [0.25, 0.3) is 0 Å². The molecule has 0 aromatic heterocycles. The minimum absolute atomic E-state index is 0.443. The number of hydrogen-bond acceptors (Lipinski definition) is 2. The minimum atomic E-state index is 0.443. The Labute approximate surface area is 102 Å². The van der Waals surface area contributed by atoms with Crippen molar-refractivity contribution in [2.75, 3.05) is 20.1 Å². The van der Waals surface area contributed by atoms with E-state index in [1.807, 2.05) is 0 Å². The SMILES string of the molecule is CC(CCN(C)CCCC#N)CC(C)(C)C. The predicted molar refractivity (Wildman–Crippen MR) is 70.2 cm³/mol. The molecule has 0 saturated heterocycles. The lowest BCUT2D eigenvalue weighted by molar-refractivity contribution is 0.254. The summed E-state index contributed by atoms with van der Waals surface area (Å²) >= 11 is 0. The Morgan fingerprint density at radius 1 is 1.25 bits per heavy atom. The molecule has 0 aliphatic heterocycles. The summed E-state index contributed by atoms with van der Waals surface area (Å²) in [6, 6.07) is 2.19. The van der Waals surface area contributed by atoms with E-state index in [4.69, 9.17) is 5.26 Å². The van der Waals surface area contributed by atoms with Crippen molar-refractivity contribution in [2.24, 2.45) is 11.3 Å². The summed E-state index contributed by atoms with van der Waals surface area (Å²) in [6.07, 6.45) is 4.24. The first-order valence-corrected chi connectivity index (χ1v) is 6.40. The zero-order valence-corrected chi connectivity index (χ0v) is 11.7. The number of rotatable bonds is 7. The van der Waals surface area contributed by atoms with E-state index in [2.05, 4.69) is 45.7 Å². The molecule has 0 amide bonds. The van der Waals surface area contributed by atoms with Gasteiger partial charge in [0.15, 0.2) is 0 Å². The summed E-state index contributed by atoms with van der Waals surface area (Å²) in [4.78, 5) is 2.34. The maximum atomic E-state index is 8.46. The molecule has 0 spiro atoms. The third-order valence-electron chi connectivity index (χ3n) is 2.79. The van der Waals surface area contributed by atoms with Gasteiger partial charge in [0.25, 0.3) is 0 Å². The van der Waals surface area contributed by atoms with E-state index in [9.17, 15) is 0 Å². The van der Waals surface area contributed by atoms with Crippen LogP contribution in [0.1, 0.15) is 53.4 Å². The number of unbranched alkanes of at least 4 members (excludes halogenated alkanes) is 1. The van der Waals surface area contributed by atoms with E-state index in [0.717, 1.165) is 25.4 Å². The molecule has 0 fully saturated rings. The van der Waals surface area contributed by atoms with Crippen LogP contribution < -0.4 is 0 Å². The Morgan fingerprint density at radius 2 is 1.88 bits per heavy atom. The molecule has 0 N–H and O–H groups in total. The van der Waals surface area contributed by atoms with Crippen LogP contribution in [-0.4, -0.2) is 25.0 Å². The van der Waals surface area contributed by atoms with Gasteiger partial charge in [-0.1, -0.05) is 27.7 Å². The zero-order chi connectivity index (χ0) is 12.6. The molecule has 0 aliphatic carbocycles. The van der Waals surface area contributed by atoms with Gasteiger partial charge in [0.05, 0.1) is 6.07 Å². The number of hydrogen-bond donors (Lipinski definition) is 0. The summed E-state index contributed by atoms with van der Waals surface area (Å²) in [5.74, 6) is 0.790. The molecule has 0 aromatic carbocycles. The molecule has 94 valence electrons. The van der Waals surface area contributed by atoms with Gasteiger partial charge in [-0.2, -0.15) is 5.26 Å². The highest BCUT2D eigenvalue weighted by molar-refractivity contribution is 4.70. The monoisotopic (exact) mass is 224 g/mol. The summed E-state index contributed by atoms with van der Waals surface area (Å²) in [5.41, 5.74) is 0.443. The lowest BCUT2D eigenvalue weighted by atomic mass is 9.84. The Hall–Kier alpha value is -0.550. The second-order valence-corrected chi connectivity index (χ2v) is 6.22. The van der Waals surface area contributed by atoms with E-state index in [0.29, 0.717) is 11.8 Å². The summed E-state index contributed by atoms with van der Waals surface area (Å²) in [6.45, 7) is 11.5. The normalized spacial score (nSPS) is 13.8. The molecule has 0 aromatic rings. The first-order valence-electron chi connectivity index (χ1n) is 6.40. The summed E-state index contributed by atoms with van der Waals surface area (Å²) in [5, 5.41) is 8.46. The van der Waals surface area contributed by atoms with Crippen molar-refractivity contribution >= 4 is 0 Å². The molecule has 1 unspecified atom stereocenters. The fraction of sp³-hybridized carbons (Fsp3) is 0.929. The first kappa shape index (κ1) is 15.4. The second-order valence-electron chi connectivity index (χ2n) is 6.22. The number of nitriles is 1. The fourth-order valence-electron chi connectivity index (χ4n) is 2.13. The van der Waals surface area contributed by atoms with Crippen molar-refractivity contribution in [3.8, 4) is 6.07 Å². The van der Waals surface area contributed by atoms with Crippen LogP contribution in [0.3, 0.4) is 0 Å². The van der Waals surface area contributed by atoms with Crippen molar-refractivity contribution in [3.63, 3.8) is 0 Å². The van der Waals surface area contributed by atoms with Gasteiger partial charge in [-0.05, 0) is 50.7 Å². The molecule has 0 bridgehead atoms. The number of nitrogens with zero attached hydrogens (tertiary/aromatic N) is 2. The van der Waals surface area contributed by atoms with Gasteiger partial charge >= 0.3 is 0 Å². The van der Waals surface area contributed by atoms with Crippen LogP contribution >= 0.6 is 0 Å².